The lowest BCUT2D eigenvalue weighted by molar-refractivity contribution is -0.150. The van der Waals surface area contributed by atoms with Gasteiger partial charge in [-0.1, -0.05) is 0 Å². The van der Waals surface area contributed by atoms with Gasteiger partial charge < -0.3 is 15.4 Å². The van der Waals surface area contributed by atoms with Crippen LogP contribution in [0.25, 0.3) is 0 Å². The maximum atomic E-state index is 12.2. The van der Waals surface area contributed by atoms with Crippen LogP contribution in [0.5, 0.6) is 0 Å². The van der Waals surface area contributed by atoms with Gasteiger partial charge in [-0.25, -0.2) is 0 Å². The highest BCUT2D eigenvalue weighted by Crippen LogP contribution is 2.18. The van der Waals surface area contributed by atoms with Crippen molar-refractivity contribution >= 4 is 11.8 Å². The van der Waals surface area contributed by atoms with Crippen LogP contribution in [0, 0.1) is 0 Å². The molecule has 1 fully saturated rings. The lowest BCUT2D eigenvalue weighted by atomic mass is 10.0. The van der Waals surface area contributed by atoms with Crippen LogP contribution in [0.3, 0.4) is 0 Å². The molecule has 1 aromatic rings. The zero-order chi connectivity index (χ0) is 13.2. The number of carbonyl (C=O) groups excluding carboxylic acids is 2. The Kier molecular flexibility index (Phi) is 3.29. The first-order valence-corrected chi connectivity index (χ1v) is 5.66. The number of pyridine rings is 1. The molecular weight excluding hydrogens is 234 g/mol. The summed E-state index contributed by atoms with van der Waals surface area (Å²) in [5.41, 5.74) is 4.67. The van der Waals surface area contributed by atoms with E-state index in [0.717, 1.165) is 0 Å². The van der Waals surface area contributed by atoms with Crippen molar-refractivity contribution in [3.63, 3.8) is 0 Å². The molecule has 0 unspecified atom stereocenters. The van der Waals surface area contributed by atoms with Gasteiger partial charge in [0.2, 0.25) is 0 Å². The lowest BCUT2D eigenvalue weighted by Gasteiger charge is -2.38. The van der Waals surface area contributed by atoms with Gasteiger partial charge in [-0.15, -0.1) is 0 Å². The van der Waals surface area contributed by atoms with E-state index in [0.29, 0.717) is 18.7 Å². The smallest absolute Gasteiger partial charge is 0.255 e. The van der Waals surface area contributed by atoms with Crippen molar-refractivity contribution in [2.75, 3.05) is 19.7 Å². The molecule has 6 nitrogen and oxygen atoms in total. The quantitative estimate of drug-likeness (QED) is 0.786. The Morgan fingerprint density at radius 2 is 2.33 bits per heavy atom. The molecule has 1 saturated heterocycles. The van der Waals surface area contributed by atoms with Crippen LogP contribution in [0.15, 0.2) is 24.5 Å². The fraction of sp³-hybridized carbons (Fsp3) is 0.417. The molecule has 2 rings (SSSR count). The fourth-order valence-electron chi connectivity index (χ4n) is 1.86. The van der Waals surface area contributed by atoms with E-state index in [1.165, 1.54) is 6.20 Å². The number of hydrogen-bond acceptors (Lipinski definition) is 4. The molecule has 1 aromatic heterocycles. The van der Waals surface area contributed by atoms with Gasteiger partial charge in [0, 0.05) is 18.9 Å². The van der Waals surface area contributed by atoms with Gasteiger partial charge >= 0.3 is 0 Å². The maximum absolute atomic E-state index is 12.2. The van der Waals surface area contributed by atoms with Gasteiger partial charge in [0.05, 0.1) is 18.7 Å². The average Bonchev–Trinajstić information content (AvgIpc) is 2.39. The lowest BCUT2D eigenvalue weighted by Crippen LogP contribution is -2.58. The Balaban J connectivity index is 2.15. The summed E-state index contributed by atoms with van der Waals surface area (Å²) in [6, 6.07) is 3.38. The van der Waals surface area contributed by atoms with E-state index in [1.807, 2.05) is 0 Å². The number of nitrogens with two attached hydrogens (primary N) is 1. The number of aromatic nitrogens is 1. The number of ether oxygens (including phenoxy) is 1. The van der Waals surface area contributed by atoms with E-state index in [-0.39, 0.29) is 12.5 Å². The van der Waals surface area contributed by atoms with Gasteiger partial charge in [-0.3, -0.25) is 14.6 Å². The molecule has 0 saturated carbocycles. The summed E-state index contributed by atoms with van der Waals surface area (Å²) in [7, 11) is 0. The molecule has 1 aliphatic rings. The molecule has 18 heavy (non-hydrogen) atoms. The Bertz CT molecular complexity index is 463. The maximum Gasteiger partial charge on any atom is 0.255 e. The highest BCUT2D eigenvalue weighted by atomic mass is 16.5. The van der Waals surface area contributed by atoms with Crippen LogP contribution >= 0.6 is 0 Å². The van der Waals surface area contributed by atoms with Crippen molar-refractivity contribution in [1.29, 1.82) is 0 Å². The van der Waals surface area contributed by atoms with Crippen LogP contribution in [0.1, 0.15) is 17.3 Å². The summed E-state index contributed by atoms with van der Waals surface area (Å²) in [5.74, 6) is -0.731. The van der Waals surface area contributed by atoms with Gasteiger partial charge in [0.1, 0.15) is 0 Å². The highest BCUT2D eigenvalue weighted by molar-refractivity contribution is 5.94. The third-order valence-corrected chi connectivity index (χ3v) is 2.99. The Morgan fingerprint density at radius 1 is 1.56 bits per heavy atom. The third-order valence-electron chi connectivity index (χ3n) is 2.99. The first-order chi connectivity index (χ1) is 8.53. The molecule has 1 aliphatic heterocycles. The van der Waals surface area contributed by atoms with E-state index in [4.69, 9.17) is 10.5 Å². The Morgan fingerprint density at radius 3 is 2.94 bits per heavy atom. The average molecular weight is 249 g/mol. The number of primary amides is 1. The summed E-state index contributed by atoms with van der Waals surface area (Å²) in [5, 5.41) is 0. The van der Waals surface area contributed by atoms with E-state index in [2.05, 4.69) is 4.98 Å². The van der Waals surface area contributed by atoms with E-state index in [1.54, 1.807) is 30.2 Å². The molecule has 2 heterocycles. The zero-order valence-electron chi connectivity index (χ0n) is 10.1. The first-order valence-electron chi connectivity index (χ1n) is 5.66. The van der Waals surface area contributed by atoms with Crippen molar-refractivity contribution in [3.8, 4) is 0 Å². The number of rotatable bonds is 2. The van der Waals surface area contributed by atoms with Crippen LogP contribution in [-0.2, 0) is 9.53 Å². The molecular formula is C12H15N3O3. The van der Waals surface area contributed by atoms with Gasteiger partial charge in [-0.05, 0) is 19.1 Å². The number of morpholine rings is 1. The molecule has 2 amide bonds. The highest BCUT2D eigenvalue weighted by Gasteiger charge is 2.39. The van der Waals surface area contributed by atoms with Crippen LogP contribution < -0.4 is 5.73 Å². The fourth-order valence-corrected chi connectivity index (χ4v) is 1.86. The molecule has 0 spiro atoms. The van der Waals surface area contributed by atoms with Gasteiger partial charge in [-0.2, -0.15) is 0 Å². The summed E-state index contributed by atoms with van der Waals surface area (Å²) in [4.78, 5) is 29.0. The molecule has 96 valence electrons. The van der Waals surface area contributed by atoms with Crippen molar-refractivity contribution in [2.24, 2.45) is 5.73 Å². The molecule has 2 N–H and O–H groups in total. The number of carbonyl (C=O) groups is 2. The largest absolute Gasteiger partial charge is 0.367 e. The summed E-state index contributed by atoms with van der Waals surface area (Å²) in [6.45, 7) is 2.50. The molecule has 0 aromatic carbocycles. The summed E-state index contributed by atoms with van der Waals surface area (Å²) < 4.78 is 5.36. The summed E-state index contributed by atoms with van der Waals surface area (Å²) in [6.07, 6.45) is 3.10. The second-order valence-electron chi connectivity index (χ2n) is 4.41. The minimum absolute atomic E-state index is 0.163. The van der Waals surface area contributed by atoms with Crippen molar-refractivity contribution < 1.29 is 14.3 Å². The SMILES string of the molecule is C[C@@]1(C(N)=O)CN(C(=O)c2cccnc2)CCO1. The third kappa shape index (κ3) is 2.33. The molecule has 0 bridgehead atoms. The van der Waals surface area contributed by atoms with E-state index < -0.39 is 11.5 Å². The second kappa shape index (κ2) is 4.73. The van der Waals surface area contributed by atoms with Crippen LogP contribution in [0.4, 0.5) is 0 Å². The van der Waals surface area contributed by atoms with Crippen molar-refractivity contribution in [2.45, 2.75) is 12.5 Å². The Labute approximate surface area is 105 Å². The molecule has 0 radical (unpaired) electrons. The van der Waals surface area contributed by atoms with Crippen molar-refractivity contribution in [1.82, 2.24) is 9.88 Å². The topological polar surface area (TPSA) is 85.5 Å². The van der Waals surface area contributed by atoms with Crippen LogP contribution in [-0.4, -0.2) is 47.0 Å². The van der Waals surface area contributed by atoms with E-state index >= 15 is 0 Å². The molecule has 1 atom stereocenters. The minimum Gasteiger partial charge on any atom is -0.367 e. The van der Waals surface area contributed by atoms with Gasteiger partial charge in [0.15, 0.2) is 5.60 Å². The zero-order valence-corrected chi connectivity index (χ0v) is 10.1. The summed E-state index contributed by atoms with van der Waals surface area (Å²) >= 11 is 0. The number of hydrogen-bond donors (Lipinski definition) is 1. The monoisotopic (exact) mass is 249 g/mol. The predicted molar refractivity (Wildman–Crippen MR) is 63.7 cm³/mol. The standard InChI is InChI=1S/C12H15N3O3/c1-12(11(13)17)8-15(5-6-18-12)10(16)9-3-2-4-14-7-9/h2-4,7H,5-6,8H2,1H3,(H2,13,17)/t12-/m0/s1. The number of nitrogens with zero attached hydrogens (tertiary/aromatic N) is 2. The molecule has 6 heteroatoms. The Hall–Kier alpha value is -1.95. The van der Waals surface area contributed by atoms with Crippen molar-refractivity contribution in [3.05, 3.63) is 30.1 Å². The second-order valence-corrected chi connectivity index (χ2v) is 4.41. The normalized spacial score (nSPS) is 23.7. The van der Waals surface area contributed by atoms with Crippen LogP contribution in [0.2, 0.25) is 0 Å². The number of amides is 2. The van der Waals surface area contributed by atoms with Gasteiger partial charge in [0.25, 0.3) is 11.8 Å². The molecule has 0 aliphatic carbocycles. The predicted octanol–water partition coefficient (Wildman–Crippen LogP) is -0.202. The minimum atomic E-state index is -1.11. The van der Waals surface area contributed by atoms with E-state index in [9.17, 15) is 9.59 Å². The first kappa shape index (κ1) is 12.5.